The van der Waals surface area contributed by atoms with E-state index in [1.54, 1.807) is 30.5 Å². The fourth-order valence-electron chi connectivity index (χ4n) is 1.96. The number of aliphatic carboxylic acids is 1. The molecule has 2 heterocycles. The summed E-state index contributed by atoms with van der Waals surface area (Å²) in [6.07, 6.45) is 4.08. The van der Waals surface area contributed by atoms with E-state index in [2.05, 4.69) is 9.97 Å². The lowest BCUT2D eigenvalue weighted by molar-refractivity contribution is -0.131. The molecule has 1 N–H and O–H groups in total. The van der Waals surface area contributed by atoms with Gasteiger partial charge in [-0.1, -0.05) is 12.1 Å². The Hall–Kier alpha value is -2.86. The van der Waals surface area contributed by atoms with Gasteiger partial charge in [0.05, 0.1) is 11.1 Å². The van der Waals surface area contributed by atoms with Gasteiger partial charge in [-0.3, -0.25) is 9.78 Å². The number of benzene rings is 1. The lowest BCUT2D eigenvalue weighted by Crippen LogP contribution is -2.06. The maximum Gasteiger partial charge on any atom is 0.328 e. The minimum Gasteiger partial charge on any atom is -0.478 e. The zero-order valence-electron chi connectivity index (χ0n) is 11.3. The zero-order valence-corrected chi connectivity index (χ0v) is 12.1. The topological polar surface area (TPSA) is 80.2 Å². The second-order valence-electron chi connectivity index (χ2n) is 4.47. The van der Waals surface area contributed by atoms with Crippen molar-refractivity contribution in [3.8, 4) is 10.7 Å². The van der Waals surface area contributed by atoms with Crippen LogP contribution in [-0.2, 0) is 4.79 Å². The molecular weight excluding hydrogens is 300 g/mol. The molecule has 3 aromatic rings. The van der Waals surface area contributed by atoms with Crippen LogP contribution in [0.2, 0.25) is 0 Å². The van der Waals surface area contributed by atoms with E-state index in [1.807, 2.05) is 12.1 Å². The molecule has 0 spiro atoms. The predicted molar refractivity (Wildman–Crippen MR) is 85.8 cm³/mol. The average molecular weight is 310 g/mol. The molecule has 5 nitrogen and oxygen atoms in total. The van der Waals surface area contributed by atoms with Gasteiger partial charge in [-0.05, 0) is 35.9 Å². The standard InChI is InChI=1S/C16H10N2O3S/c19-14(20)6-5-10-7-8-17-12(9-10)16-18-15(21)11-3-1-2-4-13(11)22-16/h1-9H,(H,19,20)/b6-5+. The highest BCUT2D eigenvalue weighted by Gasteiger charge is 2.07. The third-order valence-electron chi connectivity index (χ3n) is 2.95. The molecule has 108 valence electrons. The quantitative estimate of drug-likeness (QED) is 0.752. The normalized spacial score (nSPS) is 11.1. The average Bonchev–Trinajstić information content (AvgIpc) is 2.53. The first-order chi connectivity index (χ1) is 10.6. The summed E-state index contributed by atoms with van der Waals surface area (Å²) in [5.74, 6) is -1.02. The molecule has 0 aliphatic carbocycles. The number of aromatic nitrogens is 2. The third kappa shape index (κ3) is 2.91. The molecule has 22 heavy (non-hydrogen) atoms. The Kier molecular flexibility index (Phi) is 3.76. The van der Waals surface area contributed by atoms with Crippen molar-refractivity contribution in [1.29, 1.82) is 0 Å². The lowest BCUT2D eigenvalue weighted by atomic mass is 10.2. The van der Waals surface area contributed by atoms with Crippen molar-refractivity contribution in [2.75, 3.05) is 0 Å². The monoisotopic (exact) mass is 310 g/mol. The Morgan fingerprint density at radius 1 is 1.23 bits per heavy atom. The van der Waals surface area contributed by atoms with E-state index < -0.39 is 5.97 Å². The molecule has 0 saturated heterocycles. The van der Waals surface area contributed by atoms with E-state index in [-0.39, 0.29) is 5.56 Å². The van der Waals surface area contributed by atoms with Crippen molar-refractivity contribution in [2.24, 2.45) is 0 Å². The van der Waals surface area contributed by atoms with Crippen molar-refractivity contribution in [2.45, 2.75) is 0 Å². The minimum absolute atomic E-state index is 0.294. The van der Waals surface area contributed by atoms with Crippen molar-refractivity contribution >= 4 is 33.5 Å². The molecule has 0 bridgehead atoms. The second kappa shape index (κ2) is 5.87. The molecule has 0 saturated carbocycles. The molecule has 0 atom stereocenters. The fraction of sp³-hybridized carbons (Fsp3) is 0. The Bertz CT molecular complexity index is 947. The highest BCUT2D eigenvalue weighted by atomic mass is 32.1. The molecule has 6 heteroatoms. The Balaban J connectivity index is 2.10. The summed E-state index contributed by atoms with van der Waals surface area (Å²) in [4.78, 5) is 30.9. The van der Waals surface area contributed by atoms with Crippen molar-refractivity contribution in [1.82, 2.24) is 9.97 Å². The van der Waals surface area contributed by atoms with Crippen LogP contribution in [0.3, 0.4) is 0 Å². The minimum atomic E-state index is -1.02. The summed E-state index contributed by atoms with van der Waals surface area (Å²) in [5, 5.41) is 9.75. The van der Waals surface area contributed by atoms with E-state index in [9.17, 15) is 9.59 Å². The number of carbonyl (C=O) groups is 1. The van der Waals surface area contributed by atoms with Crippen LogP contribution in [0.15, 0.2) is 53.5 Å². The van der Waals surface area contributed by atoms with Gasteiger partial charge in [0.1, 0.15) is 5.01 Å². The largest absolute Gasteiger partial charge is 0.478 e. The molecule has 0 amide bonds. The van der Waals surface area contributed by atoms with Crippen LogP contribution >= 0.6 is 11.3 Å². The van der Waals surface area contributed by atoms with Crippen LogP contribution in [-0.4, -0.2) is 21.0 Å². The highest BCUT2D eigenvalue weighted by Crippen LogP contribution is 2.25. The van der Waals surface area contributed by atoms with Crippen LogP contribution in [0.4, 0.5) is 0 Å². The number of pyridine rings is 1. The number of carboxylic acid groups (broad SMARTS) is 1. The van der Waals surface area contributed by atoms with E-state index in [4.69, 9.17) is 5.11 Å². The predicted octanol–water partition coefficient (Wildman–Crippen LogP) is 2.82. The Morgan fingerprint density at radius 2 is 2.05 bits per heavy atom. The molecular formula is C16H10N2O3S. The smallest absolute Gasteiger partial charge is 0.328 e. The van der Waals surface area contributed by atoms with Crippen LogP contribution in [0, 0.1) is 0 Å². The van der Waals surface area contributed by atoms with Gasteiger partial charge in [0, 0.05) is 17.0 Å². The van der Waals surface area contributed by atoms with Crippen LogP contribution in [0.25, 0.3) is 26.9 Å². The summed E-state index contributed by atoms with van der Waals surface area (Å²) < 4.78 is 0.839. The summed E-state index contributed by atoms with van der Waals surface area (Å²) in [6, 6.07) is 10.7. The molecule has 3 rings (SSSR count). The molecule has 0 fully saturated rings. The molecule has 0 unspecified atom stereocenters. The van der Waals surface area contributed by atoms with Gasteiger partial charge in [-0.15, -0.1) is 11.3 Å². The summed E-state index contributed by atoms with van der Waals surface area (Å²) in [6.45, 7) is 0. The Labute approximate surface area is 129 Å². The van der Waals surface area contributed by atoms with Crippen molar-refractivity contribution in [3.05, 3.63) is 64.6 Å². The fourth-order valence-corrected chi connectivity index (χ4v) is 2.92. The molecule has 0 aliphatic heterocycles. The first-order valence-electron chi connectivity index (χ1n) is 6.41. The number of carboxylic acids is 1. The van der Waals surface area contributed by atoms with Gasteiger partial charge in [-0.2, -0.15) is 4.98 Å². The maximum absolute atomic E-state index is 12.0. The number of rotatable bonds is 3. The maximum atomic E-state index is 12.0. The summed E-state index contributed by atoms with van der Waals surface area (Å²) in [5.41, 5.74) is 0.931. The number of hydrogen-bond acceptors (Lipinski definition) is 5. The van der Waals surface area contributed by atoms with Crippen LogP contribution in [0.1, 0.15) is 5.56 Å². The van der Waals surface area contributed by atoms with Gasteiger partial charge >= 0.3 is 5.97 Å². The first-order valence-corrected chi connectivity index (χ1v) is 7.22. The Morgan fingerprint density at radius 3 is 2.86 bits per heavy atom. The number of nitrogens with zero attached hydrogens (tertiary/aromatic N) is 2. The SMILES string of the molecule is O=C(O)/C=C/c1ccnc(-c2nc(=O)c3ccccc3s2)c1. The molecule has 0 radical (unpaired) electrons. The van der Waals surface area contributed by atoms with Gasteiger partial charge in [0.2, 0.25) is 0 Å². The first kappa shape index (κ1) is 14.1. The molecule has 0 aliphatic rings. The zero-order chi connectivity index (χ0) is 15.5. The van der Waals surface area contributed by atoms with Gasteiger partial charge in [0.25, 0.3) is 5.56 Å². The highest BCUT2D eigenvalue weighted by molar-refractivity contribution is 7.21. The van der Waals surface area contributed by atoms with Crippen LogP contribution < -0.4 is 5.56 Å². The van der Waals surface area contributed by atoms with E-state index in [0.717, 1.165) is 10.8 Å². The van der Waals surface area contributed by atoms with Crippen LogP contribution in [0.5, 0.6) is 0 Å². The van der Waals surface area contributed by atoms with Gasteiger partial charge in [0.15, 0.2) is 0 Å². The third-order valence-corrected chi connectivity index (χ3v) is 4.02. The lowest BCUT2D eigenvalue weighted by Gasteiger charge is -2.02. The van der Waals surface area contributed by atoms with E-state index in [1.165, 1.54) is 17.4 Å². The van der Waals surface area contributed by atoms with Gasteiger partial charge in [-0.25, -0.2) is 4.79 Å². The molecule has 1 aromatic carbocycles. The number of hydrogen-bond donors (Lipinski definition) is 1. The van der Waals surface area contributed by atoms with Crippen molar-refractivity contribution < 1.29 is 9.90 Å². The van der Waals surface area contributed by atoms with E-state index >= 15 is 0 Å². The number of fused-ring (bicyclic) bond motifs is 1. The van der Waals surface area contributed by atoms with Gasteiger partial charge < -0.3 is 5.11 Å². The second-order valence-corrected chi connectivity index (χ2v) is 5.50. The van der Waals surface area contributed by atoms with E-state index in [0.29, 0.717) is 21.7 Å². The summed E-state index contributed by atoms with van der Waals surface area (Å²) >= 11 is 1.37. The summed E-state index contributed by atoms with van der Waals surface area (Å²) in [7, 11) is 0. The van der Waals surface area contributed by atoms with Crippen molar-refractivity contribution in [3.63, 3.8) is 0 Å². The molecule has 2 aromatic heterocycles.